The zero-order chi connectivity index (χ0) is 15.7. The van der Waals surface area contributed by atoms with Crippen molar-refractivity contribution in [3.8, 4) is 0 Å². The summed E-state index contributed by atoms with van der Waals surface area (Å²) >= 11 is 0. The number of hydrogen-bond donors (Lipinski definition) is 0. The smallest absolute Gasteiger partial charge is 0.354 e. The SMILES string of the molecule is Cc1cccn2cc(COC(=O)C3=NN(C)C(=O)CC3)nc12. The van der Waals surface area contributed by atoms with Crippen LogP contribution in [0.1, 0.15) is 24.1 Å². The van der Waals surface area contributed by atoms with Gasteiger partial charge in [0.25, 0.3) is 0 Å². The fourth-order valence-electron chi connectivity index (χ4n) is 2.31. The summed E-state index contributed by atoms with van der Waals surface area (Å²) in [6.07, 6.45) is 4.31. The van der Waals surface area contributed by atoms with E-state index in [4.69, 9.17) is 4.74 Å². The molecule has 1 aliphatic heterocycles. The molecule has 114 valence electrons. The van der Waals surface area contributed by atoms with Gasteiger partial charge in [-0.3, -0.25) is 4.79 Å². The topological polar surface area (TPSA) is 76.3 Å². The molecule has 7 heteroatoms. The Bertz CT molecular complexity index is 778. The minimum atomic E-state index is -0.506. The number of aromatic nitrogens is 2. The Hall–Kier alpha value is -2.70. The second kappa shape index (κ2) is 5.59. The van der Waals surface area contributed by atoms with Crippen molar-refractivity contribution < 1.29 is 14.3 Å². The average molecular weight is 300 g/mol. The molecule has 3 rings (SSSR count). The highest BCUT2D eigenvalue weighted by Gasteiger charge is 2.23. The molecule has 22 heavy (non-hydrogen) atoms. The molecule has 1 amide bonds. The van der Waals surface area contributed by atoms with Crippen LogP contribution >= 0.6 is 0 Å². The first kappa shape index (κ1) is 14.2. The van der Waals surface area contributed by atoms with Crippen molar-refractivity contribution in [2.45, 2.75) is 26.4 Å². The number of esters is 1. The van der Waals surface area contributed by atoms with Crippen LogP contribution in [-0.4, -0.2) is 39.0 Å². The predicted octanol–water partition coefficient (Wildman–Crippen LogP) is 1.29. The first-order valence-corrected chi connectivity index (χ1v) is 6.99. The van der Waals surface area contributed by atoms with Gasteiger partial charge in [-0.05, 0) is 18.6 Å². The van der Waals surface area contributed by atoms with Crippen LogP contribution in [0.5, 0.6) is 0 Å². The standard InChI is InChI=1S/C15H16N4O3/c1-10-4-3-7-19-8-11(16-14(10)19)9-22-15(21)12-5-6-13(20)18(2)17-12/h3-4,7-8H,5-6,9H2,1-2H3. The zero-order valence-corrected chi connectivity index (χ0v) is 12.4. The van der Waals surface area contributed by atoms with Gasteiger partial charge >= 0.3 is 5.97 Å². The quantitative estimate of drug-likeness (QED) is 0.800. The number of imidazole rings is 1. The number of carbonyl (C=O) groups excluding carboxylic acids is 2. The molecule has 2 aromatic rings. The third-order valence-electron chi connectivity index (χ3n) is 3.52. The molecule has 0 unspecified atom stereocenters. The van der Waals surface area contributed by atoms with E-state index in [-0.39, 0.29) is 24.6 Å². The number of amides is 1. The predicted molar refractivity (Wildman–Crippen MR) is 79.2 cm³/mol. The van der Waals surface area contributed by atoms with E-state index in [1.165, 1.54) is 12.1 Å². The molecule has 0 saturated carbocycles. The fraction of sp³-hybridized carbons (Fsp3) is 0.333. The number of hydrogen-bond acceptors (Lipinski definition) is 5. The van der Waals surface area contributed by atoms with E-state index in [0.29, 0.717) is 12.1 Å². The number of fused-ring (bicyclic) bond motifs is 1. The van der Waals surface area contributed by atoms with Gasteiger partial charge in [-0.25, -0.2) is 14.8 Å². The molecule has 0 radical (unpaired) electrons. The van der Waals surface area contributed by atoms with E-state index >= 15 is 0 Å². The Morgan fingerprint density at radius 3 is 2.95 bits per heavy atom. The number of hydrazone groups is 1. The lowest BCUT2D eigenvalue weighted by atomic mass is 10.2. The lowest BCUT2D eigenvalue weighted by molar-refractivity contribution is -0.137. The molecule has 0 spiro atoms. The second-order valence-corrected chi connectivity index (χ2v) is 5.19. The monoisotopic (exact) mass is 300 g/mol. The normalized spacial score (nSPS) is 15.1. The summed E-state index contributed by atoms with van der Waals surface area (Å²) in [5, 5.41) is 5.11. The first-order valence-electron chi connectivity index (χ1n) is 6.99. The Labute approximate surface area is 127 Å². The molecule has 0 saturated heterocycles. The minimum Gasteiger partial charge on any atom is -0.455 e. The first-order chi connectivity index (χ1) is 10.5. The van der Waals surface area contributed by atoms with Crippen molar-refractivity contribution >= 4 is 23.2 Å². The molecule has 1 aliphatic rings. The molecule has 2 aromatic heterocycles. The second-order valence-electron chi connectivity index (χ2n) is 5.19. The molecule has 0 aliphatic carbocycles. The number of ether oxygens (including phenoxy) is 1. The van der Waals surface area contributed by atoms with Crippen molar-refractivity contribution in [2.24, 2.45) is 5.10 Å². The Kier molecular flexibility index (Phi) is 3.62. The summed E-state index contributed by atoms with van der Waals surface area (Å²) < 4.78 is 7.13. The van der Waals surface area contributed by atoms with Crippen molar-refractivity contribution in [1.29, 1.82) is 0 Å². The third kappa shape index (κ3) is 2.69. The average Bonchev–Trinajstić information content (AvgIpc) is 2.92. The highest BCUT2D eigenvalue weighted by Crippen LogP contribution is 2.12. The van der Waals surface area contributed by atoms with Crippen LogP contribution in [0, 0.1) is 6.92 Å². The van der Waals surface area contributed by atoms with Gasteiger partial charge in [-0.15, -0.1) is 0 Å². The van der Waals surface area contributed by atoms with E-state index in [1.807, 2.05) is 35.9 Å². The summed E-state index contributed by atoms with van der Waals surface area (Å²) in [4.78, 5) is 27.7. The molecular formula is C15H16N4O3. The Morgan fingerprint density at radius 1 is 1.41 bits per heavy atom. The largest absolute Gasteiger partial charge is 0.455 e. The van der Waals surface area contributed by atoms with Crippen molar-refractivity contribution in [3.63, 3.8) is 0 Å². The van der Waals surface area contributed by atoms with Gasteiger partial charge in [0.05, 0.1) is 5.69 Å². The van der Waals surface area contributed by atoms with Gasteiger partial charge in [0.1, 0.15) is 18.0 Å². The molecular weight excluding hydrogens is 284 g/mol. The summed E-state index contributed by atoms with van der Waals surface area (Å²) in [6, 6.07) is 3.91. The lowest BCUT2D eigenvalue weighted by Crippen LogP contribution is -2.32. The van der Waals surface area contributed by atoms with Crippen LogP contribution in [0.4, 0.5) is 0 Å². The van der Waals surface area contributed by atoms with Crippen LogP contribution in [0.3, 0.4) is 0 Å². The highest BCUT2D eigenvalue weighted by molar-refractivity contribution is 6.37. The summed E-state index contributed by atoms with van der Waals surface area (Å²) in [6.45, 7) is 2.05. The van der Waals surface area contributed by atoms with E-state index in [0.717, 1.165) is 11.2 Å². The molecule has 3 heterocycles. The minimum absolute atomic E-state index is 0.0800. The van der Waals surface area contributed by atoms with Crippen molar-refractivity contribution in [2.75, 3.05) is 7.05 Å². The van der Waals surface area contributed by atoms with Gasteiger partial charge in [0.2, 0.25) is 5.91 Å². The number of aryl methyl sites for hydroxylation is 1. The van der Waals surface area contributed by atoms with Crippen LogP contribution in [0.25, 0.3) is 5.65 Å². The molecule has 7 nitrogen and oxygen atoms in total. The van der Waals surface area contributed by atoms with Crippen molar-refractivity contribution in [1.82, 2.24) is 14.4 Å². The van der Waals surface area contributed by atoms with Gasteiger partial charge < -0.3 is 9.14 Å². The van der Waals surface area contributed by atoms with Gasteiger partial charge in [-0.1, -0.05) is 6.07 Å². The zero-order valence-electron chi connectivity index (χ0n) is 12.4. The number of rotatable bonds is 3. The van der Waals surface area contributed by atoms with Gasteiger partial charge in [0.15, 0.2) is 0 Å². The molecule has 0 bridgehead atoms. The number of carbonyl (C=O) groups is 2. The number of nitrogens with zero attached hydrogens (tertiary/aromatic N) is 4. The van der Waals surface area contributed by atoms with E-state index in [1.54, 1.807) is 0 Å². The third-order valence-corrected chi connectivity index (χ3v) is 3.52. The van der Waals surface area contributed by atoms with Gasteiger partial charge in [0, 0.05) is 32.3 Å². The van der Waals surface area contributed by atoms with Crippen molar-refractivity contribution in [3.05, 3.63) is 35.8 Å². The lowest BCUT2D eigenvalue weighted by Gasteiger charge is -2.18. The Morgan fingerprint density at radius 2 is 2.23 bits per heavy atom. The molecule has 0 N–H and O–H groups in total. The summed E-state index contributed by atoms with van der Waals surface area (Å²) in [5.74, 6) is -0.611. The molecule has 0 fully saturated rings. The van der Waals surface area contributed by atoms with Crippen LogP contribution in [-0.2, 0) is 20.9 Å². The van der Waals surface area contributed by atoms with Gasteiger partial charge in [-0.2, -0.15) is 5.10 Å². The summed E-state index contributed by atoms with van der Waals surface area (Å²) in [7, 11) is 1.53. The fourth-order valence-corrected chi connectivity index (χ4v) is 2.31. The molecule has 0 aromatic carbocycles. The molecule has 0 atom stereocenters. The van der Waals surface area contributed by atoms with E-state index < -0.39 is 5.97 Å². The maximum absolute atomic E-state index is 12.0. The maximum atomic E-state index is 12.0. The summed E-state index contributed by atoms with van der Waals surface area (Å²) in [5.41, 5.74) is 2.83. The Balaban J connectivity index is 1.69. The maximum Gasteiger partial charge on any atom is 0.354 e. The highest BCUT2D eigenvalue weighted by atomic mass is 16.5. The van der Waals surface area contributed by atoms with E-state index in [2.05, 4.69) is 10.1 Å². The van der Waals surface area contributed by atoms with Crippen LogP contribution in [0.15, 0.2) is 29.6 Å². The van der Waals surface area contributed by atoms with Crippen LogP contribution in [0.2, 0.25) is 0 Å². The van der Waals surface area contributed by atoms with E-state index in [9.17, 15) is 9.59 Å². The number of pyridine rings is 1. The van der Waals surface area contributed by atoms with Crippen LogP contribution < -0.4 is 0 Å².